The third kappa shape index (κ3) is 6.89. The van der Waals surface area contributed by atoms with Crippen LogP contribution in [0.4, 0.5) is 34.1 Å². The second-order valence-corrected chi connectivity index (χ2v) is 16.4. The molecule has 0 saturated heterocycles. The van der Waals surface area contributed by atoms with Gasteiger partial charge in [0, 0.05) is 50.5 Å². The summed E-state index contributed by atoms with van der Waals surface area (Å²) in [6.45, 7) is 0. The molecule has 0 saturated carbocycles. The maximum atomic E-state index is 6.69. The van der Waals surface area contributed by atoms with Crippen molar-refractivity contribution in [2.45, 2.75) is 5.92 Å². The van der Waals surface area contributed by atoms with Crippen LogP contribution in [0.3, 0.4) is 0 Å². The first-order valence-corrected chi connectivity index (χ1v) is 22.1. The Morgan fingerprint density at radius 1 is 0.292 bits per heavy atom. The van der Waals surface area contributed by atoms with Gasteiger partial charge < -0.3 is 18.6 Å². The molecule has 308 valence electrons. The monoisotopic (exact) mass is 834 g/mol. The molecule has 10 aromatic carbocycles. The molecule has 2 aromatic heterocycles. The van der Waals surface area contributed by atoms with Crippen LogP contribution in [-0.4, -0.2) is 0 Å². The summed E-state index contributed by atoms with van der Waals surface area (Å²) >= 11 is 0. The van der Waals surface area contributed by atoms with E-state index in [1.54, 1.807) is 0 Å². The number of nitrogens with zero attached hydrogens (tertiary/aromatic N) is 2. The van der Waals surface area contributed by atoms with E-state index in [2.05, 4.69) is 259 Å². The fourth-order valence-electron chi connectivity index (χ4n) is 9.65. The summed E-state index contributed by atoms with van der Waals surface area (Å²) in [5, 5.41) is 4.26. The standard InChI is InChI=1S/C61H42N2O2/c1-6-18-42(19-7-1)43-32-34-48(35-33-43)62(49-36-38-55-52(40-49)60-51(28-16-30-57(60)64-55)59(44-20-8-2-9-21-44)45-22-10-3-11-23-45)50-37-39-56-53(41-50)61-54(29-17-31-58(61)65-56)63(46-24-12-4-13-25-46)47-26-14-5-15-27-47/h1-41,59H. The first-order chi connectivity index (χ1) is 32.2. The Hall–Kier alpha value is -8.60. The topological polar surface area (TPSA) is 32.8 Å². The average molecular weight is 835 g/mol. The van der Waals surface area contributed by atoms with Crippen molar-refractivity contribution in [1.82, 2.24) is 0 Å². The highest BCUT2D eigenvalue weighted by Crippen LogP contribution is 2.47. The zero-order valence-electron chi connectivity index (χ0n) is 35.5. The van der Waals surface area contributed by atoms with Crippen LogP contribution in [0.1, 0.15) is 22.6 Å². The molecule has 4 heteroatoms. The third-order valence-electron chi connectivity index (χ3n) is 12.6. The first kappa shape index (κ1) is 38.1. The first-order valence-electron chi connectivity index (χ1n) is 22.1. The molecule has 12 aromatic rings. The van der Waals surface area contributed by atoms with E-state index >= 15 is 0 Å². The SMILES string of the molecule is c1ccc(-c2ccc(N(c3ccc4oc5cccc(C(c6ccccc6)c6ccccc6)c5c4c3)c3ccc4oc5cccc(N(c6ccccc6)c6ccccc6)c5c4c3)cc2)cc1. The minimum Gasteiger partial charge on any atom is -0.456 e. The smallest absolute Gasteiger partial charge is 0.137 e. The van der Waals surface area contributed by atoms with Crippen molar-refractivity contribution in [2.24, 2.45) is 0 Å². The fourth-order valence-corrected chi connectivity index (χ4v) is 9.65. The fraction of sp³-hybridized carbons (Fsp3) is 0.0164. The van der Waals surface area contributed by atoms with Crippen LogP contribution < -0.4 is 9.80 Å². The lowest BCUT2D eigenvalue weighted by Gasteiger charge is -2.27. The number of anilines is 6. The minimum absolute atomic E-state index is 0.00417. The molecule has 0 radical (unpaired) electrons. The Labute approximate surface area is 377 Å². The van der Waals surface area contributed by atoms with Gasteiger partial charge >= 0.3 is 0 Å². The van der Waals surface area contributed by atoms with E-state index in [-0.39, 0.29) is 5.92 Å². The van der Waals surface area contributed by atoms with Gasteiger partial charge in [-0.05, 0) is 119 Å². The average Bonchev–Trinajstić information content (AvgIpc) is 3.95. The highest BCUT2D eigenvalue weighted by molar-refractivity contribution is 6.15. The van der Waals surface area contributed by atoms with Gasteiger partial charge in [-0.1, -0.05) is 158 Å². The van der Waals surface area contributed by atoms with E-state index in [1.807, 2.05) is 0 Å². The molecule has 0 amide bonds. The molecule has 4 nitrogen and oxygen atoms in total. The predicted octanol–water partition coefficient (Wildman–Crippen LogP) is 17.3. The Morgan fingerprint density at radius 3 is 1.28 bits per heavy atom. The summed E-state index contributed by atoms with van der Waals surface area (Å²) < 4.78 is 13.4. The molecule has 0 atom stereocenters. The van der Waals surface area contributed by atoms with Gasteiger partial charge in [-0.15, -0.1) is 0 Å². The van der Waals surface area contributed by atoms with Crippen molar-refractivity contribution in [3.8, 4) is 11.1 Å². The summed E-state index contributed by atoms with van der Waals surface area (Å²) in [4.78, 5) is 4.67. The highest BCUT2D eigenvalue weighted by atomic mass is 16.3. The zero-order chi connectivity index (χ0) is 43.1. The second kappa shape index (κ2) is 16.3. The van der Waals surface area contributed by atoms with Crippen LogP contribution in [0.5, 0.6) is 0 Å². The van der Waals surface area contributed by atoms with E-state index in [0.29, 0.717) is 0 Å². The predicted molar refractivity (Wildman–Crippen MR) is 270 cm³/mol. The molecule has 2 heterocycles. The Kier molecular flexibility index (Phi) is 9.53. The Morgan fingerprint density at radius 2 is 0.723 bits per heavy atom. The largest absolute Gasteiger partial charge is 0.456 e. The molecule has 0 aliphatic carbocycles. The maximum Gasteiger partial charge on any atom is 0.137 e. The minimum atomic E-state index is 0.00417. The van der Waals surface area contributed by atoms with E-state index in [4.69, 9.17) is 8.83 Å². The number of furan rings is 2. The van der Waals surface area contributed by atoms with Crippen LogP contribution >= 0.6 is 0 Å². The van der Waals surface area contributed by atoms with Crippen molar-refractivity contribution in [3.63, 3.8) is 0 Å². The van der Waals surface area contributed by atoms with Gasteiger partial charge in [0.2, 0.25) is 0 Å². The van der Waals surface area contributed by atoms with Gasteiger partial charge in [0.1, 0.15) is 22.3 Å². The van der Waals surface area contributed by atoms with Crippen molar-refractivity contribution >= 4 is 78.0 Å². The van der Waals surface area contributed by atoms with Crippen molar-refractivity contribution in [3.05, 3.63) is 265 Å². The molecule has 65 heavy (non-hydrogen) atoms. The third-order valence-corrected chi connectivity index (χ3v) is 12.6. The van der Waals surface area contributed by atoms with E-state index < -0.39 is 0 Å². The summed E-state index contributed by atoms with van der Waals surface area (Å²) in [6, 6.07) is 88.1. The van der Waals surface area contributed by atoms with E-state index in [0.717, 1.165) is 83.6 Å². The van der Waals surface area contributed by atoms with Crippen LogP contribution in [0, 0.1) is 0 Å². The zero-order valence-corrected chi connectivity index (χ0v) is 35.5. The lowest BCUT2D eigenvalue weighted by atomic mass is 9.83. The van der Waals surface area contributed by atoms with Crippen LogP contribution in [0.25, 0.3) is 55.0 Å². The second-order valence-electron chi connectivity index (χ2n) is 16.4. The van der Waals surface area contributed by atoms with Gasteiger partial charge in [-0.3, -0.25) is 0 Å². The number of hydrogen-bond acceptors (Lipinski definition) is 4. The van der Waals surface area contributed by atoms with Crippen LogP contribution in [0.2, 0.25) is 0 Å². The van der Waals surface area contributed by atoms with E-state index in [1.165, 1.54) is 22.3 Å². The molecular formula is C61H42N2O2. The molecule has 0 aliphatic heterocycles. The lowest BCUT2D eigenvalue weighted by molar-refractivity contribution is 0.668. The summed E-state index contributed by atoms with van der Waals surface area (Å²) in [5.74, 6) is 0.00417. The van der Waals surface area contributed by atoms with Crippen LogP contribution in [-0.2, 0) is 0 Å². The Balaban J connectivity index is 1.07. The van der Waals surface area contributed by atoms with Gasteiger partial charge in [-0.25, -0.2) is 0 Å². The highest BCUT2D eigenvalue weighted by Gasteiger charge is 2.25. The van der Waals surface area contributed by atoms with Gasteiger partial charge in [-0.2, -0.15) is 0 Å². The summed E-state index contributed by atoms with van der Waals surface area (Å²) in [7, 11) is 0. The van der Waals surface area contributed by atoms with Crippen LogP contribution in [0.15, 0.2) is 258 Å². The molecule has 0 N–H and O–H groups in total. The molecule has 0 aliphatic rings. The lowest BCUT2D eigenvalue weighted by Crippen LogP contribution is -2.10. The molecule has 0 bridgehead atoms. The van der Waals surface area contributed by atoms with Crippen molar-refractivity contribution in [2.75, 3.05) is 9.80 Å². The summed E-state index contributed by atoms with van der Waals surface area (Å²) in [5.41, 5.74) is 15.6. The van der Waals surface area contributed by atoms with Crippen molar-refractivity contribution in [1.29, 1.82) is 0 Å². The molecule has 0 fully saturated rings. The number of fused-ring (bicyclic) bond motifs is 6. The molecular weight excluding hydrogens is 793 g/mol. The molecule has 0 unspecified atom stereocenters. The van der Waals surface area contributed by atoms with Gasteiger partial charge in [0.05, 0.1) is 11.1 Å². The van der Waals surface area contributed by atoms with E-state index in [9.17, 15) is 0 Å². The Bertz CT molecular complexity index is 3310. The summed E-state index contributed by atoms with van der Waals surface area (Å²) in [6.07, 6.45) is 0. The molecule has 12 rings (SSSR count). The normalized spacial score (nSPS) is 11.5. The number of hydrogen-bond donors (Lipinski definition) is 0. The number of para-hydroxylation sites is 2. The van der Waals surface area contributed by atoms with Gasteiger partial charge in [0.15, 0.2) is 0 Å². The van der Waals surface area contributed by atoms with Gasteiger partial charge in [0.25, 0.3) is 0 Å². The maximum absolute atomic E-state index is 6.69. The molecule has 0 spiro atoms. The number of benzene rings is 10. The number of rotatable bonds is 10. The quantitative estimate of drug-likeness (QED) is 0.129. The van der Waals surface area contributed by atoms with Crippen molar-refractivity contribution < 1.29 is 8.83 Å².